The predicted molar refractivity (Wildman–Crippen MR) is 92.9 cm³/mol. The van der Waals surface area contributed by atoms with Gasteiger partial charge in [-0.15, -0.1) is 11.3 Å². The maximum atomic E-state index is 12.4. The van der Waals surface area contributed by atoms with Crippen LogP contribution in [-0.4, -0.2) is 15.5 Å². The third-order valence-corrected chi connectivity index (χ3v) is 4.74. The van der Waals surface area contributed by atoms with Crippen molar-refractivity contribution in [1.29, 1.82) is 0 Å². The summed E-state index contributed by atoms with van der Waals surface area (Å²) in [5, 5.41) is 3.45. The Hall–Kier alpha value is -2.47. The first kappa shape index (κ1) is 15.4. The van der Waals surface area contributed by atoms with Crippen molar-refractivity contribution in [3.63, 3.8) is 0 Å². The minimum Gasteiger partial charge on any atom is -0.326 e. The average molecular weight is 327 g/mol. The summed E-state index contributed by atoms with van der Waals surface area (Å²) in [6.45, 7) is 2.37. The van der Waals surface area contributed by atoms with E-state index in [0.29, 0.717) is 11.9 Å². The van der Waals surface area contributed by atoms with Gasteiger partial charge < -0.3 is 5.32 Å². The Morgan fingerprint density at radius 3 is 2.83 bits per heavy atom. The number of amides is 1. The molecule has 5 nitrogen and oxygen atoms in total. The molecule has 3 aromatic rings. The minimum absolute atomic E-state index is 0.0848. The lowest BCUT2D eigenvalue weighted by Gasteiger charge is -2.06. The molecule has 1 amide bonds. The summed E-state index contributed by atoms with van der Waals surface area (Å²) < 4.78 is 1.50. The molecule has 118 valence electrons. The van der Waals surface area contributed by atoms with Gasteiger partial charge in [-0.25, -0.2) is 4.98 Å². The monoisotopic (exact) mass is 327 g/mol. The number of hydrogen-bond donors (Lipinski definition) is 1. The number of para-hydroxylation sites is 1. The fourth-order valence-electron chi connectivity index (χ4n) is 2.31. The number of fused-ring (bicyclic) bond motifs is 1. The number of nitrogens with zero attached hydrogens (tertiary/aromatic N) is 2. The van der Waals surface area contributed by atoms with Crippen LogP contribution in [0.1, 0.15) is 18.2 Å². The van der Waals surface area contributed by atoms with Crippen molar-refractivity contribution in [2.75, 3.05) is 5.32 Å². The molecule has 2 aromatic heterocycles. The first-order valence-corrected chi connectivity index (χ1v) is 8.32. The highest BCUT2D eigenvalue weighted by Gasteiger charge is 2.09. The Morgan fingerprint density at radius 2 is 2.09 bits per heavy atom. The fraction of sp³-hybridized carbons (Fsp3) is 0.235. The Bertz CT molecular complexity index is 884. The van der Waals surface area contributed by atoms with Crippen molar-refractivity contribution in [1.82, 2.24) is 9.55 Å². The largest absolute Gasteiger partial charge is 0.326 e. The second kappa shape index (κ2) is 6.75. The normalized spacial score (nSPS) is 10.8. The zero-order valence-corrected chi connectivity index (χ0v) is 13.6. The van der Waals surface area contributed by atoms with Crippen molar-refractivity contribution < 1.29 is 4.79 Å². The molecule has 0 atom stereocenters. The van der Waals surface area contributed by atoms with Crippen LogP contribution < -0.4 is 10.9 Å². The molecule has 1 N–H and O–H groups in total. The smallest absolute Gasteiger partial charge is 0.262 e. The second-order valence-corrected chi connectivity index (χ2v) is 6.31. The Kier molecular flexibility index (Phi) is 4.52. The van der Waals surface area contributed by atoms with Crippen LogP contribution in [0.25, 0.3) is 10.2 Å². The highest BCUT2D eigenvalue weighted by Crippen LogP contribution is 2.21. The van der Waals surface area contributed by atoms with E-state index in [1.807, 2.05) is 36.4 Å². The maximum Gasteiger partial charge on any atom is 0.262 e. The summed E-state index contributed by atoms with van der Waals surface area (Å²) in [5.41, 5.74) is 0.669. The van der Waals surface area contributed by atoms with Crippen molar-refractivity contribution in [2.45, 2.75) is 26.3 Å². The molecule has 6 heteroatoms. The van der Waals surface area contributed by atoms with Gasteiger partial charge in [-0.3, -0.25) is 14.2 Å². The lowest BCUT2D eigenvalue weighted by Crippen LogP contribution is -2.23. The molecule has 0 aliphatic heterocycles. The number of thiophene rings is 1. The van der Waals surface area contributed by atoms with E-state index >= 15 is 0 Å². The number of carbonyl (C=O) groups excluding carboxylic acids is 1. The summed E-state index contributed by atoms with van der Waals surface area (Å²) in [7, 11) is 0. The Morgan fingerprint density at radius 1 is 1.30 bits per heavy atom. The number of rotatable bonds is 5. The fourth-order valence-corrected chi connectivity index (χ4v) is 3.24. The Balaban J connectivity index is 1.70. The van der Waals surface area contributed by atoms with Crippen LogP contribution in [-0.2, 0) is 17.8 Å². The zero-order chi connectivity index (χ0) is 16.2. The Labute approximate surface area is 137 Å². The zero-order valence-electron chi connectivity index (χ0n) is 12.8. The van der Waals surface area contributed by atoms with E-state index in [0.717, 1.165) is 21.8 Å². The molecule has 2 heterocycles. The molecule has 1 aromatic carbocycles. The molecule has 0 fully saturated rings. The number of anilines is 1. The molecule has 0 unspecified atom stereocenters. The summed E-state index contributed by atoms with van der Waals surface area (Å²) in [6.07, 6.45) is 2.64. The molecule has 0 aliphatic rings. The summed E-state index contributed by atoms with van der Waals surface area (Å²) in [5.74, 6) is -0.122. The van der Waals surface area contributed by atoms with Gasteiger partial charge in [0.25, 0.3) is 5.56 Å². The first-order valence-electron chi connectivity index (χ1n) is 7.50. The number of aromatic nitrogens is 2. The van der Waals surface area contributed by atoms with Gasteiger partial charge in [0.1, 0.15) is 4.83 Å². The SMILES string of the molecule is CCc1cc2c(=O)n(CCC(=O)Nc3ccccc3)cnc2s1. The van der Waals surface area contributed by atoms with Gasteiger partial charge in [0.05, 0.1) is 11.7 Å². The topological polar surface area (TPSA) is 64.0 Å². The van der Waals surface area contributed by atoms with Crippen LogP contribution in [0.3, 0.4) is 0 Å². The van der Waals surface area contributed by atoms with E-state index < -0.39 is 0 Å². The molecule has 3 rings (SSSR count). The molecular formula is C17H17N3O2S. The molecule has 0 saturated carbocycles. The third kappa shape index (κ3) is 3.48. The van der Waals surface area contributed by atoms with Crippen molar-refractivity contribution in [3.8, 4) is 0 Å². The maximum absolute atomic E-state index is 12.4. The van der Waals surface area contributed by atoms with Gasteiger partial charge in [0, 0.05) is 23.5 Å². The predicted octanol–water partition coefficient (Wildman–Crippen LogP) is 3.05. The first-order chi connectivity index (χ1) is 11.2. The van der Waals surface area contributed by atoms with Crippen molar-refractivity contribution >= 4 is 33.1 Å². The molecule has 0 aliphatic carbocycles. The van der Waals surface area contributed by atoms with E-state index in [9.17, 15) is 9.59 Å². The highest BCUT2D eigenvalue weighted by molar-refractivity contribution is 7.18. The third-order valence-electron chi connectivity index (χ3n) is 3.55. The summed E-state index contributed by atoms with van der Waals surface area (Å²) in [6, 6.07) is 11.2. The van der Waals surface area contributed by atoms with Crippen molar-refractivity contribution in [2.24, 2.45) is 0 Å². The number of hydrogen-bond acceptors (Lipinski definition) is 4. The minimum atomic E-state index is -0.122. The van der Waals surface area contributed by atoms with Gasteiger partial charge >= 0.3 is 0 Å². The van der Waals surface area contributed by atoms with Gasteiger partial charge in [-0.05, 0) is 24.6 Å². The molecule has 0 bridgehead atoms. The van der Waals surface area contributed by atoms with Gasteiger partial charge in [0.15, 0.2) is 0 Å². The lowest BCUT2D eigenvalue weighted by molar-refractivity contribution is -0.116. The molecule has 23 heavy (non-hydrogen) atoms. The van der Waals surface area contributed by atoms with E-state index in [2.05, 4.69) is 17.2 Å². The van der Waals surface area contributed by atoms with Gasteiger partial charge in [0.2, 0.25) is 5.91 Å². The molecule has 0 saturated heterocycles. The van der Waals surface area contributed by atoms with E-state index in [4.69, 9.17) is 0 Å². The number of benzene rings is 1. The molecule has 0 spiro atoms. The van der Waals surface area contributed by atoms with Crippen LogP contribution in [0.4, 0.5) is 5.69 Å². The summed E-state index contributed by atoms with van der Waals surface area (Å²) in [4.78, 5) is 30.6. The highest BCUT2D eigenvalue weighted by atomic mass is 32.1. The van der Waals surface area contributed by atoms with E-state index in [1.54, 1.807) is 11.3 Å². The molecule has 0 radical (unpaired) electrons. The van der Waals surface area contributed by atoms with Crippen LogP contribution in [0.5, 0.6) is 0 Å². The standard InChI is InChI=1S/C17H17N3O2S/c1-2-13-10-14-16(23-13)18-11-20(17(14)22)9-8-15(21)19-12-6-4-3-5-7-12/h3-7,10-11H,2,8-9H2,1H3,(H,19,21). The summed E-state index contributed by atoms with van der Waals surface area (Å²) >= 11 is 1.54. The van der Waals surface area contributed by atoms with E-state index in [-0.39, 0.29) is 17.9 Å². The number of carbonyl (C=O) groups is 1. The average Bonchev–Trinajstić information content (AvgIpc) is 2.99. The van der Waals surface area contributed by atoms with Crippen LogP contribution in [0, 0.1) is 0 Å². The number of nitrogens with one attached hydrogen (secondary N) is 1. The van der Waals surface area contributed by atoms with Gasteiger partial charge in [-0.1, -0.05) is 25.1 Å². The number of aryl methyl sites for hydroxylation is 2. The van der Waals surface area contributed by atoms with Crippen LogP contribution >= 0.6 is 11.3 Å². The molecular weight excluding hydrogens is 310 g/mol. The quantitative estimate of drug-likeness (QED) is 0.783. The van der Waals surface area contributed by atoms with Crippen LogP contribution in [0.15, 0.2) is 47.5 Å². The van der Waals surface area contributed by atoms with Crippen LogP contribution in [0.2, 0.25) is 0 Å². The van der Waals surface area contributed by atoms with E-state index in [1.165, 1.54) is 10.9 Å². The lowest BCUT2D eigenvalue weighted by atomic mass is 10.3. The van der Waals surface area contributed by atoms with Gasteiger partial charge in [-0.2, -0.15) is 0 Å². The van der Waals surface area contributed by atoms with Crippen molar-refractivity contribution in [3.05, 3.63) is 58.0 Å². The second-order valence-electron chi connectivity index (χ2n) is 5.19.